The van der Waals surface area contributed by atoms with E-state index < -0.39 is 18.2 Å². The van der Waals surface area contributed by atoms with Crippen LogP contribution in [0.15, 0.2) is 30.5 Å². The highest BCUT2D eigenvalue weighted by molar-refractivity contribution is 5.80. The van der Waals surface area contributed by atoms with E-state index in [-0.39, 0.29) is 0 Å². The van der Waals surface area contributed by atoms with Crippen molar-refractivity contribution < 1.29 is 22.7 Å². The van der Waals surface area contributed by atoms with Gasteiger partial charge in [-0.3, -0.25) is 0 Å². The summed E-state index contributed by atoms with van der Waals surface area (Å²) in [5.41, 5.74) is 0.396. The zero-order valence-corrected chi connectivity index (χ0v) is 8.23. The van der Waals surface area contributed by atoms with Gasteiger partial charge in [-0.15, -0.1) is 0 Å². The predicted octanol–water partition coefficient (Wildman–Crippen LogP) is 2.10. The van der Waals surface area contributed by atoms with Crippen molar-refractivity contribution in [1.29, 1.82) is 0 Å². The number of benzene rings is 1. The molecule has 17 heavy (non-hydrogen) atoms. The van der Waals surface area contributed by atoms with Gasteiger partial charge in [-0.1, -0.05) is 18.2 Å². The first-order chi connectivity index (χ1) is 7.97. The van der Waals surface area contributed by atoms with Crippen molar-refractivity contribution in [2.24, 2.45) is 0 Å². The van der Waals surface area contributed by atoms with Crippen molar-refractivity contribution in [3.63, 3.8) is 0 Å². The van der Waals surface area contributed by atoms with E-state index in [2.05, 4.69) is 14.7 Å². The summed E-state index contributed by atoms with van der Waals surface area (Å²) in [7, 11) is 0. The fraction of sp³-hybridized carbons (Fsp3) is 0.100. The number of ether oxygens (including phenoxy) is 1. The highest BCUT2D eigenvalue weighted by Crippen LogP contribution is 2.19. The molecule has 0 aliphatic carbocycles. The number of halogens is 3. The minimum Gasteiger partial charge on any atom is -0.384 e. The summed E-state index contributed by atoms with van der Waals surface area (Å²) in [5, 5.41) is 0.638. The molecule has 4 nitrogen and oxygen atoms in total. The van der Waals surface area contributed by atoms with Gasteiger partial charge in [-0.25, -0.2) is 9.78 Å². The number of rotatable bonds is 1. The summed E-state index contributed by atoms with van der Waals surface area (Å²) >= 11 is 0. The average Bonchev–Trinajstić information content (AvgIpc) is 2.27. The van der Waals surface area contributed by atoms with Crippen LogP contribution < -0.4 is 4.74 Å². The normalized spacial score (nSPS) is 11.5. The van der Waals surface area contributed by atoms with E-state index in [1.807, 2.05) is 0 Å². The van der Waals surface area contributed by atoms with Gasteiger partial charge in [-0.05, 0) is 6.07 Å². The van der Waals surface area contributed by atoms with Crippen LogP contribution in [0, 0.1) is 0 Å². The maximum atomic E-state index is 11.9. The molecule has 7 heteroatoms. The van der Waals surface area contributed by atoms with Gasteiger partial charge in [0.05, 0.1) is 5.52 Å². The summed E-state index contributed by atoms with van der Waals surface area (Å²) in [4.78, 5) is 17.7. The van der Waals surface area contributed by atoms with Crippen LogP contribution in [0.4, 0.5) is 13.2 Å². The molecule has 0 amide bonds. The van der Waals surface area contributed by atoms with Crippen molar-refractivity contribution in [3.05, 3.63) is 30.5 Å². The number of esters is 1. The third kappa shape index (κ3) is 2.49. The minimum atomic E-state index is -5.06. The second-order valence-corrected chi connectivity index (χ2v) is 3.10. The van der Waals surface area contributed by atoms with Gasteiger partial charge in [0.25, 0.3) is 0 Å². The summed E-state index contributed by atoms with van der Waals surface area (Å²) in [5.74, 6) is -2.34. The Bertz CT molecular complexity index is 569. The van der Waals surface area contributed by atoms with Gasteiger partial charge < -0.3 is 4.74 Å². The molecule has 0 radical (unpaired) electrons. The highest BCUT2D eigenvalue weighted by Gasteiger charge is 2.41. The number of para-hydroxylation sites is 1. The van der Waals surface area contributed by atoms with Crippen LogP contribution in [-0.4, -0.2) is 22.1 Å². The van der Waals surface area contributed by atoms with Crippen LogP contribution in [0.25, 0.3) is 10.9 Å². The first-order valence-corrected chi connectivity index (χ1v) is 4.47. The van der Waals surface area contributed by atoms with E-state index in [9.17, 15) is 18.0 Å². The number of carbonyl (C=O) groups is 1. The number of alkyl halides is 3. The largest absolute Gasteiger partial charge is 0.491 e. The molecular formula is C10H5F3N2O2. The highest BCUT2D eigenvalue weighted by atomic mass is 19.4. The molecule has 0 fully saturated rings. The van der Waals surface area contributed by atoms with E-state index in [0.29, 0.717) is 10.9 Å². The molecule has 0 bridgehead atoms. The minimum absolute atomic E-state index is 0.396. The Morgan fingerprint density at radius 2 is 1.94 bits per heavy atom. The number of nitrogens with zero attached hydrogens (tertiary/aromatic N) is 2. The fourth-order valence-corrected chi connectivity index (χ4v) is 1.15. The van der Waals surface area contributed by atoms with E-state index in [1.165, 1.54) is 6.20 Å². The Hall–Kier alpha value is -2.18. The molecule has 2 aromatic rings. The number of fused-ring (bicyclic) bond motifs is 1. The Morgan fingerprint density at radius 1 is 1.24 bits per heavy atom. The molecule has 0 aliphatic rings. The lowest BCUT2D eigenvalue weighted by atomic mass is 10.2. The molecule has 0 N–H and O–H groups in total. The second-order valence-electron chi connectivity index (χ2n) is 3.10. The molecule has 0 unspecified atom stereocenters. The number of carbonyl (C=O) groups excluding carboxylic acids is 1. The lowest BCUT2D eigenvalue weighted by molar-refractivity contribution is -0.190. The zero-order valence-electron chi connectivity index (χ0n) is 8.23. The summed E-state index contributed by atoms with van der Waals surface area (Å²) < 4.78 is 39.8. The zero-order chi connectivity index (χ0) is 12.5. The maximum absolute atomic E-state index is 11.9. The number of hydrogen-bond acceptors (Lipinski definition) is 4. The second kappa shape index (κ2) is 4.00. The summed E-state index contributed by atoms with van der Waals surface area (Å²) in [6, 6.07) is 6.02. The van der Waals surface area contributed by atoms with Gasteiger partial charge in [0.15, 0.2) is 0 Å². The first kappa shape index (κ1) is 11.3. The van der Waals surface area contributed by atoms with Gasteiger partial charge >= 0.3 is 18.2 Å². The average molecular weight is 242 g/mol. The lowest BCUT2D eigenvalue weighted by Gasteiger charge is -2.05. The molecule has 0 saturated carbocycles. The van der Waals surface area contributed by atoms with Crippen molar-refractivity contribution in [2.45, 2.75) is 6.18 Å². The number of aromatic nitrogens is 2. The monoisotopic (exact) mass is 242 g/mol. The Morgan fingerprint density at radius 3 is 2.65 bits per heavy atom. The van der Waals surface area contributed by atoms with Crippen LogP contribution in [0.3, 0.4) is 0 Å². The molecule has 88 valence electrons. The van der Waals surface area contributed by atoms with E-state index in [0.717, 1.165) is 0 Å². The molecule has 0 spiro atoms. The van der Waals surface area contributed by atoms with Crippen molar-refractivity contribution >= 4 is 16.9 Å². The molecule has 2 rings (SSSR count). The lowest BCUT2D eigenvalue weighted by Crippen LogP contribution is -2.28. The Balaban J connectivity index is 2.29. The third-order valence-corrected chi connectivity index (χ3v) is 1.88. The molecule has 0 aliphatic heterocycles. The van der Waals surface area contributed by atoms with Crippen LogP contribution >= 0.6 is 0 Å². The number of hydrogen-bond donors (Lipinski definition) is 0. The van der Waals surface area contributed by atoms with E-state index >= 15 is 0 Å². The molecule has 1 aromatic carbocycles. The molecule has 1 aromatic heterocycles. The van der Waals surface area contributed by atoms with E-state index in [4.69, 9.17) is 0 Å². The quantitative estimate of drug-likeness (QED) is 0.718. The van der Waals surface area contributed by atoms with E-state index in [1.54, 1.807) is 24.3 Å². The molecular weight excluding hydrogens is 237 g/mol. The van der Waals surface area contributed by atoms with Gasteiger partial charge in [0.1, 0.15) is 0 Å². The topological polar surface area (TPSA) is 52.1 Å². The first-order valence-electron chi connectivity index (χ1n) is 4.47. The van der Waals surface area contributed by atoms with Crippen LogP contribution in [0.1, 0.15) is 0 Å². The standard InChI is InChI=1S/C10H5F3N2O2/c11-10(12,13)8(16)17-9-14-5-6-3-1-2-4-7(6)15-9/h1-5H. The predicted molar refractivity (Wildman–Crippen MR) is 51.2 cm³/mol. The molecule has 0 atom stereocenters. The Kier molecular flexibility index (Phi) is 2.66. The fourth-order valence-electron chi connectivity index (χ4n) is 1.15. The van der Waals surface area contributed by atoms with Crippen LogP contribution in [0.5, 0.6) is 6.01 Å². The summed E-state index contributed by atoms with van der Waals surface area (Å²) in [6.45, 7) is 0. The van der Waals surface area contributed by atoms with Gasteiger partial charge in [0, 0.05) is 11.6 Å². The SMILES string of the molecule is O=C(Oc1ncc2ccccc2n1)C(F)(F)F. The smallest absolute Gasteiger partial charge is 0.384 e. The summed E-state index contributed by atoms with van der Waals surface area (Å²) in [6.07, 6.45) is -3.78. The Labute approximate surface area is 93.1 Å². The van der Waals surface area contributed by atoms with Crippen molar-refractivity contribution in [1.82, 2.24) is 9.97 Å². The molecule has 1 heterocycles. The van der Waals surface area contributed by atoms with Gasteiger partial charge in [0.2, 0.25) is 0 Å². The van der Waals surface area contributed by atoms with Crippen molar-refractivity contribution in [2.75, 3.05) is 0 Å². The maximum Gasteiger partial charge on any atom is 0.491 e. The third-order valence-electron chi connectivity index (χ3n) is 1.88. The van der Waals surface area contributed by atoms with Crippen LogP contribution in [-0.2, 0) is 4.79 Å². The van der Waals surface area contributed by atoms with Crippen LogP contribution in [0.2, 0.25) is 0 Å². The van der Waals surface area contributed by atoms with Crippen molar-refractivity contribution in [3.8, 4) is 6.01 Å². The van der Waals surface area contributed by atoms with Gasteiger partial charge in [-0.2, -0.15) is 18.2 Å². The molecule has 0 saturated heterocycles.